The predicted octanol–water partition coefficient (Wildman–Crippen LogP) is 2.93. The van der Waals surface area contributed by atoms with Crippen LogP contribution in [0.15, 0.2) is 59.7 Å². The Morgan fingerprint density at radius 1 is 1.16 bits per heavy atom. The highest BCUT2D eigenvalue weighted by atomic mass is 32.1. The number of ether oxygens (including phenoxy) is 1. The molecule has 2 aromatic carbocycles. The second-order valence-electron chi connectivity index (χ2n) is 7.86. The van der Waals surface area contributed by atoms with E-state index in [0.717, 1.165) is 23.1 Å². The maximum Gasteiger partial charge on any atom is 0.276 e. The van der Waals surface area contributed by atoms with E-state index in [1.54, 1.807) is 4.90 Å². The average Bonchev–Trinajstić information content (AvgIpc) is 3.56. The van der Waals surface area contributed by atoms with Crippen molar-refractivity contribution >= 4 is 49.9 Å². The highest BCUT2D eigenvalue weighted by Crippen LogP contribution is 2.31. The Balaban J connectivity index is 1.49. The van der Waals surface area contributed by atoms with E-state index in [4.69, 9.17) is 10.5 Å². The van der Waals surface area contributed by atoms with Crippen molar-refractivity contribution in [2.45, 2.75) is 31.4 Å². The number of aromatic nitrogens is 1. The fourth-order valence-electron chi connectivity index (χ4n) is 4.05. The number of thiazole rings is 1. The number of rotatable bonds is 6. The Labute approximate surface area is 189 Å². The average molecular weight is 450 g/mol. The van der Waals surface area contributed by atoms with Gasteiger partial charge in [0.2, 0.25) is 5.91 Å². The molecular formula is C23H23N5O3S. The molecule has 2 aliphatic heterocycles. The van der Waals surface area contributed by atoms with Gasteiger partial charge >= 0.3 is 0 Å². The number of hydrazone groups is 1. The van der Waals surface area contributed by atoms with Crippen LogP contribution in [0.2, 0.25) is 0 Å². The van der Waals surface area contributed by atoms with Gasteiger partial charge in [0, 0.05) is 13.0 Å². The van der Waals surface area contributed by atoms with Gasteiger partial charge in [0.25, 0.3) is 5.91 Å². The highest BCUT2D eigenvalue weighted by molar-refractivity contribution is 7.22. The van der Waals surface area contributed by atoms with Gasteiger partial charge in [0.05, 0.1) is 28.6 Å². The molecule has 5 rings (SSSR count). The molecule has 164 valence electrons. The number of benzene rings is 2. The summed E-state index contributed by atoms with van der Waals surface area (Å²) in [7, 11) is 0. The van der Waals surface area contributed by atoms with Crippen LogP contribution in [0.4, 0.5) is 10.8 Å². The lowest BCUT2D eigenvalue weighted by atomic mass is 10.1. The number of carbonyl (C=O) groups excluding carboxylic acids is 2. The first kappa shape index (κ1) is 20.6. The third-order valence-corrected chi connectivity index (χ3v) is 6.73. The van der Waals surface area contributed by atoms with Crippen LogP contribution in [-0.2, 0) is 14.3 Å². The normalized spacial score (nSPS) is 20.5. The third-order valence-electron chi connectivity index (χ3n) is 5.68. The molecule has 1 aromatic heterocycles. The van der Waals surface area contributed by atoms with E-state index in [-0.39, 0.29) is 24.1 Å². The van der Waals surface area contributed by atoms with Crippen LogP contribution in [0.25, 0.3) is 10.2 Å². The Bertz CT molecular complexity index is 1140. The van der Waals surface area contributed by atoms with E-state index >= 15 is 0 Å². The molecular weight excluding hydrogens is 426 g/mol. The lowest BCUT2D eigenvalue weighted by Gasteiger charge is -2.22. The zero-order valence-corrected chi connectivity index (χ0v) is 18.2. The number of fused-ring (bicyclic) bond motifs is 1. The van der Waals surface area contributed by atoms with Crippen molar-refractivity contribution in [1.82, 2.24) is 4.98 Å². The van der Waals surface area contributed by atoms with E-state index < -0.39 is 11.9 Å². The van der Waals surface area contributed by atoms with Crippen molar-refractivity contribution in [3.8, 4) is 0 Å². The molecule has 2 N–H and O–H groups in total. The quantitative estimate of drug-likeness (QED) is 0.624. The second kappa shape index (κ2) is 8.68. The van der Waals surface area contributed by atoms with Gasteiger partial charge in [-0.2, -0.15) is 5.10 Å². The van der Waals surface area contributed by atoms with Gasteiger partial charge in [-0.15, -0.1) is 0 Å². The topological polar surface area (TPSA) is 101 Å². The second-order valence-corrected chi connectivity index (χ2v) is 8.87. The smallest absolute Gasteiger partial charge is 0.276 e. The zero-order chi connectivity index (χ0) is 22.1. The van der Waals surface area contributed by atoms with Crippen molar-refractivity contribution in [2.24, 2.45) is 10.8 Å². The molecule has 1 saturated heterocycles. The molecule has 3 aromatic rings. The lowest BCUT2D eigenvalue weighted by Crippen LogP contribution is -2.42. The van der Waals surface area contributed by atoms with Gasteiger partial charge in [-0.3, -0.25) is 19.5 Å². The molecule has 0 radical (unpaired) electrons. The van der Waals surface area contributed by atoms with Gasteiger partial charge in [0.1, 0.15) is 11.8 Å². The molecule has 1 fully saturated rings. The summed E-state index contributed by atoms with van der Waals surface area (Å²) in [4.78, 5) is 32.2. The molecule has 0 bridgehead atoms. The van der Waals surface area contributed by atoms with Gasteiger partial charge in [-0.1, -0.05) is 41.7 Å². The Morgan fingerprint density at radius 3 is 2.66 bits per heavy atom. The van der Waals surface area contributed by atoms with Crippen LogP contribution >= 0.6 is 11.3 Å². The number of hydrogen-bond acceptors (Lipinski definition) is 7. The molecule has 2 atom stereocenters. The molecule has 0 saturated carbocycles. The fraction of sp³-hybridized carbons (Fsp3) is 0.304. The Morgan fingerprint density at radius 2 is 1.94 bits per heavy atom. The summed E-state index contributed by atoms with van der Waals surface area (Å²) in [5.74, 6) is -0.796. The van der Waals surface area contributed by atoms with Crippen LogP contribution in [0.3, 0.4) is 0 Å². The number of nitrogens with two attached hydrogens (primary N) is 1. The van der Waals surface area contributed by atoms with Crippen LogP contribution in [0.1, 0.15) is 19.3 Å². The summed E-state index contributed by atoms with van der Waals surface area (Å²) >= 11 is 1.46. The number of primary amides is 1. The van der Waals surface area contributed by atoms with Crippen molar-refractivity contribution in [2.75, 3.05) is 23.1 Å². The van der Waals surface area contributed by atoms with Crippen LogP contribution < -0.4 is 15.6 Å². The first-order chi connectivity index (χ1) is 15.6. The molecule has 2 amide bonds. The molecule has 0 aliphatic carbocycles. The summed E-state index contributed by atoms with van der Waals surface area (Å²) in [6.45, 7) is 1.09. The van der Waals surface area contributed by atoms with E-state index in [1.807, 2.05) is 54.6 Å². The number of hydrogen-bond donors (Lipinski definition) is 1. The highest BCUT2D eigenvalue weighted by Gasteiger charge is 2.38. The molecule has 9 heteroatoms. The van der Waals surface area contributed by atoms with Gasteiger partial charge in [-0.25, -0.2) is 4.98 Å². The Kier molecular flexibility index (Phi) is 5.59. The van der Waals surface area contributed by atoms with Gasteiger partial charge < -0.3 is 10.5 Å². The first-order valence-corrected chi connectivity index (χ1v) is 11.4. The van der Waals surface area contributed by atoms with Crippen LogP contribution in [0.5, 0.6) is 0 Å². The van der Waals surface area contributed by atoms with E-state index in [0.29, 0.717) is 24.0 Å². The van der Waals surface area contributed by atoms with E-state index in [9.17, 15) is 9.59 Å². The van der Waals surface area contributed by atoms with Crippen molar-refractivity contribution in [3.63, 3.8) is 0 Å². The summed E-state index contributed by atoms with van der Waals surface area (Å²) in [5.41, 5.74) is 7.49. The molecule has 32 heavy (non-hydrogen) atoms. The maximum atomic E-state index is 13.7. The van der Waals surface area contributed by atoms with Crippen LogP contribution in [0, 0.1) is 0 Å². The van der Waals surface area contributed by atoms with Crippen molar-refractivity contribution in [1.29, 1.82) is 0 Å². The minimum absolute atomic E-state index is 0.0508. The molecule has 8 nitrogen and oxygen atoms in total. The molecule has 2 unspecified atom stereocenters. The number of anilines is 2. The number of carbonyl (C=O) groups is 2. The van der Waals surface area contributed by atoms with Crippen LogP contribution in [-0.4, -0.2) is 47.8 Å². The number of nitrogens with zero attached hydrogens (tertiary/aromatic N) is 4. The fourth-order valence-corrected chi connectivity index (χ4v) is 5.02. The monoisotopic (exact) mass is 449 g/mol. The summed E-state index contributed by atoms with van der Waals surface area (Å²) < 4.78 is 6.80. The van der Waals surface area contributed by atoms with Gasteiger partial charge in [0.15, 0.2) is 5.13 Å². The number of amides is 2. The SMILES string of the molecule is NC(=O)C1CC(C(=O)N(CC2CCCO2)c2nc3ccccc3s2)=NN1c1ccccc1. The first-order valence-electron chi connectivity index (χ1n) is 10.6. The summed E-state index contributed by atoms with van der Waals surface area (Å²) in [5, 5.41) is 6.67. The summed E-state index contributed by atoms with van der Waals surface area (Å²) in [6.07, 6.45) is 1.96. The lowest BCUT2D eigenvalue weighted by molar-refractivity contribution is -0.119. The minimum atomic E-state index is -0.712. The predicted molar refractivity (Wildman–Crippen MR) is 125 cm³/mol. The summed E-state index contributed by atoms with van der Waals surface area (Å²) in [6, 6.07) is 16.3. The van der Waals surface area contributed by atoms with Crippen molar-refractivity contribution in [3.05, 3.63) is 54.6 Å². The standard InChI is InChI=1S/C23H23N5O3S/c24-21(29)19-13-18(26-28(19)15-7-2-1-3-8-15)22(30)27(14-16-9-6-12-31-16)23-25-17-10-4-5-11-20(17)32-23/h1-5,7-8,10-11,16,19H,6,9,12-14H2,(H2,24,29). The zero-order valence-electron chi connectivity index (χ0n) is 17.4. The largest absolute Gasteiger partial charge is 0.376 e. The third kappa shape index (κ3) is 3.96. The molecule has 0 spiro atoms. The minimum Gasteiger partial charge on any atom is -0.376 e. The van der Waals surface area contributed by atoms with E-state index in [2.05, 4.69) is 10.1 Å². The van der Waals surface area contributed by atoms with Gasteiger partial charge in [-0.05, 0) is 37.1 Å². The molecule has 2 aliphatic rings. The van der Waals surface area contributed by atoms with Crippen molar-refractivity contribution < 1.29 is 14.3 Å². The molecule has 3 heterocycles. The Hall–Kier alpha value is -3.30. The maximum absolute atomic E-state index is 13.7. The number of para-hydroxylation sites is 2. The van der Waals surface area contributed by atoms with E-state index in [1.165, 1.54) is 16.3 Å².